The van der Waals surface area contributed by atoms with Crippen LogP contribution in [-0.4, -0.2) is 49.9 Å². The van der Waals surface area contributed by atoms with Gasteiger partial charge < -0.3 is 9.64 Å². The van der Waals surface area contributed by atoms with Gasteiger partial charge in [-0.05, 0) is 61.6 Å². The average Bonchev–Trinajstić information content (AvgIpc) is 3.54. The van der Waals surface area contributed by atoms with E-state index < -0.39 is 0 Å². The first-order chi connectivity index (χ1) is 17.0. The summed E-state index contributed by atoms with van der Waals surface area (Å²) in [5.41, 5.74) is 2.16. The molecule has 1 saturated heterocycles. The Labute approximate surface area is 206 Å². The average molecular weight is 495 g/mol. The lowest BCUT2D eigenvalue weighted by Crippen LogP contribution is -2.62. The fourth-order valence-corrected chi connectivity index (χ4v) is 5.92. The van der Waals surface area contributed by atoms with E-state index in [9.17, 15) is 9.18 Å². The van der Waals surface area contributed by atoms with Gasteiger partial charge in [-0.25, -0.2) is 14.2 Å². The molecule has 8 nitrogen and oxygen atoms in total. The molecule has 10 heteroatoms. The van der Waals surface area contributed by atoms with Crippen LogP contribution in [0, 0.1) is 11.2 Å². The molecular weight excluding hydrogens is 471 g/mol. The number of nitrogens with zero attached hydrogens (tertiary/aromatic N) is 6. The van der Waals surface area contributed by atoms with Gasteiger partial charge >= 0.3 is 6.09 Å². The molecule has 0 atom stereocenters. The Morgan fingerprint density at radius 2 is 1.94 bits per heavy atom. The lowest BCUT2D eigenvalue weighted by atomic mass is 9.57. The summed E-state index contributed by atoms with van der Waals surface area (Å²) in [5, 5.41) is 9.73. The van der Waals surface area contributed by atoms with Gasteiger partial charge in [0.25, 0.3) is 0 Å². The van der Waals surface area contributed by atoms with E-state index in [1.54, 1.807) is 11.0 Å². The molecule has 0 unspecified atom stereocenters. The number of benzene rings is 1. The molecule has 0 N–H and O–H groups in total. The second-order valence-corrected chi connectivity index (χ2v) is 10.8. The fraction of sp³-hybridized carbons (Fsp3) is 0.440. The number of ether oxygens (including phenoxy) is 1. The smallest absolute Gasteiger partial charge is 0.410 e. The first-order valence-corrected chi connectivity index (χ1v) is 12.4. The van der Waals surface area contributed by atoms with Crippen molar-refractivity contribution >= 4 is 23.5 Å². The van der Waals surface area contributed by atoms with Crippen LogP contribution in [0.5, 0.6) is 0 Å². The number of hydrogen-bond acceptors (Lipinski definition) is 6. The Morgan fingerprint density at radius 3 is 2.69 bits per heavy atom. The van der Waals surface area contributed by atoms with Gasteiger partial charge in [-0.1, -0.05) is 11.6 Å². The van der Waals surface area contributed by atoms with Crippen LogP contribution in [0.2, 0.25) is 5.02 Å². The number of rotatable bonds is 3. The minimum Gasteiger partial charge on any atom is -0.446 e. The summed E-state index contributed by atoms with van der Waals surface area (Å²) >= 11 is 6.32. The number of hydrogen-bond donors (Lipinski definition) is 0. The van der Waals surface area contributed by atoms with E-state index in [1.165, 1.54) is 12.3 Å². The van der Waals surface area contributed by atoms with E-state index in [1.807, 2.05) is 18.2 Å². The van der Waals surface area contributed by atoms with Crippen LogP contribution in [0.25, 0.3) is 5.69 Å². The largest absolute Gasteiger partial charge is 0.446 e. The van der Waals surface area contributed by atoms with Gasteiger partial charge in [0.15, 0.2) is 5.82 Å². The summed E-state index contributed by atoms with van der Waals surface area (Å²) in [6.45, 7) is 2.58. The van der Waals surface area contributed by atoms with Crippen molar-refractivity contribution in [1.82, 2.24) is 24.6 Å². The first kappa shape index (κ1) is 21.1. The van der Waals surface area contributed by atoms with Crippen molar-refractivity contribution in [3.05, 3.63) is 64.6 Å². The summed E-state index contributed by atoms with van der Waals surface area (Å²) in [7, 11) is 0. The molecule has 4 aliphatic rings. The molecular formula is C25H24ClFN6O2. The Morgan fingerprint density at radius 1 is 1.11 bits per heavy atom. The number of aromatic nitrogens is 4. The molecule has 4 heterocycles. The second kappa shape index (κ2) is 7.65. The molecule has 3 aromatic rings. The van der Waals surface area contributed by atoms with Crippen molar-refractivity contribution in [3.8, 4) is 5.69 Å². The molecule has 0 bridgehead atoms. The number of carbonyl (C=O) groups excluding carboxylic acids is 1. The third-order valence-electron chi connectivity index (χ3n) is 7.59. The summed E-state index contributed by atoms with van der Waals surface area (Å²) < 4.78 is 20.9. The van der Waals surface area contributed by atoms with Gasteiger partial charge in [0, 0.05) is 29.4 Å². The summed E-state index contributed by atoms with van der Waals surface area (Å²) in [6.07, 6.45) is 4.88. The van der Waals surface area contributed by atoms with Crippen LogP contribution < -0.4 is 4.90 Å². The number of halogens is 2. The van der Waals surface area contributed by atoms with Crippen molar-refractivity contribution < 1.29 is 13.9 Å². The highest BCUT2D eigenvalue weighted by Crippen LogP contribution is 2.56. The molecule has 7 rings (SSSR count). The lowest BCUT2D eigenvalue weighted by molar-refractivity contribution is 0.0581. The van der Waals surface area contributed by atoms with E-state index in [2.05, 4.69) is 24.6 Å². The first-order valence-electron chi connectivity index (χ1n) is 12.0. The number of amides is 1. The van der Waals surface area contributed by atoms with Crippen molar-refractivity contribution in [2.45, 2.75) is 50.8 Å². The molecule has 2 aromatic heterocycles. The molecule has 180 valence electrons. The normalized spacial score (nSPS) is 20.5. The van der Waals surface area contributed by atoms with Crippen LogP contribution in [-0.2, 0) is 17.8 Å². The Kier molecular flexibility index (Phi) is 4.61. The predicted octanol–water partition coefficient (Wildman–Crippen LogP) is 4.45. The van der Waals surface area contributed by atoms with Gasteiger partial charge in [0.1, 0.15) is 23.6 Å². The maximum Gasteiger partial charge on any atom is 0.410 e. The van der Waals surface area contributed by atoms with Crippen LogP contribution in [0.4, 0.5) is 15.0 Å². The highest BCUT2D eigenvalue weighted by molar-refractivity contribution is 6.30. The SMILES string of the molecule is O=C(OC1CC1)N1Cc2cc(Cl)ccc2-n2c(nnc2C2CC3(C2)CN(c2ccc(F)cn2)C3)C1. The Bertz CT molecular complexity index is 1310. The molecule has 3 fully saturated rings. The second-order valence-electron chi connectivity index (χ2n) is 10.3. The lowest BCUT2D eigenvalue weighted by Gasteiger charge is -2.59. The van der Waals surface area contributed by atoms with Crippen LogP contribution in [0.15, 0.2) is 36.5 Å². The zero-order valence-electron chi connectivity index (χ0n) is 19.0. The van der Waals surface area contributed by atoms with Crippen LogP contribution >= 0.6 is 11.6 Å². The minimum absolute atomic E-state index is 0.0383. The molecule has 35 heavy (non-hydrogen) atoms. The van der Waals surface area contributed by atoms with E-state index in [-0.39, 0.29) is 29.3 Å². The van der Waals surface area contributed by atoms with E-state index in [0.29, 0.717) is 18.1 Å². The quantitative estimate of drug-likeness (QED) is 0.535. The summed E-state index contributed by atoms with van der Waals surface area (Å²) in [6, 6.07) is 8.96. The standard InChI is InChI=1S/C25H24ClFN6O2/c26-17-1-5-20-15(7-17)11-31(24(34)35-19-3-4-19)12-22-29-30-23(33(20)22)16-8-25(9-16)13-32(14-25)21-6-2-18(27)10-28-21/h1-2,5-7,10,16,19H,3-4,8-9,11-14H2. The number of anilines is 1. The number of fused-ring (bicyclic) bond motifs is 3. The van der Waals surface area contributed by atoms with Crippen molar-refractivity contribution in [2.75, 3.05) is 18.0 Å². The maximum absolute atomic E-state index is 13.2. The topological polar surface area (TPSA) is 76.4 Å². The third-order valence-corrected chi connectivity index (χ3v) is 7.83. The highest BCUT2D eigenvalue weighted by atomic mass is 35.5. The molecule has 2 aliphatic carbocycles. The van der Waals surface area contributed by atoms with Gasteiger partial charge in [-0.3, -0.25) is 9.47 Å². The van der Waals surface area contributed by atoms with Gasteiger partial charge in [0.2, 0.25) is 0 Å². The minimum atomic E-state index is -0.318. The van der Waals surface area contributed by atoms with Crippen LogP contribution in [0.1, 0.15) is 48.8 Å². The zero-order valence-corrected chi connectivity index (χ0v) is 19.8. The zero-order chi connectivity index (χ0) is 23.7. The monoisotopic (exact) mass is 494 g/mol. The Hall–Kier alpha value is -3.20. The summed E-state index contributed by atoms with van der Waals surface area (Å²) in [5.74, 6) is 2.46. The number of carbonyl (C=O) groups is 1. The molecule has 1 spiro atoms. The molecule has 1 aromatic carbocycles. The van der Waals surface area contributed by atoms with Crippen molar-refractivity contribution in [3.63, 3.8) is 0 Å². The number of pyridine rings is 1. The van der Waals surface area contributed by atoms with E-state index in [4.69, 9.17) is 16.3 Å². The van der Waals surface area contributed by atoms with E-state index >= 15 is 0 Å². The molecule has 2 aliphatic heterocycles. The van der Waals surface area contributed by atoms with Crippen LogP contribution in [0.3, 0.4) is 0 Å². The van der Waals surface area contributed by atoms with Gasteiger partial charge in [-0.2, -0.15) is 0 Å². The maximum atomic E-state index is 13.2. The molecule has 0 radical (unpaired) electrons. The highest BCUT2D eigenvalue weighted by Gasteiger charge is 2.54. The summed E-state index contributed by atoms with van der Waals surface area (Å²) in [4.78, 5) is 20.9. The predicted molar refractivity (Wildman–Crippen MR) is 126 cm³/mol. The van der Waals surface area contributed by atoms with Crippen molar-refractivity contribution in [2.24, 2.45) is 5.41 Å². The molecule has 1 amide bonds. The van der Waals surface area contributed by atoms with Crippen molar-refractivity contribution in [1.29, 1.82) is 0 Å². The fourth-order valence-electron chi connectivity index (χ4n) is 5.73. The molecule has 2 saturated carbocycles. The third kappa shape index (κ3) is 3.64. The Balaban J connectivity index is 1.13. The van der Waals surface area contributed by atoms with Gasteiger partial charge in [0.05, 0.1) is 25.0 Å². The van der Waals surface area contributed by atoms with E-state index in [0.717, 1.165) is 67.5 Å². The van der Waals surface area contributed by atoms with Gasteiger partial charge in [-0.15, -0.1) is 10.2 Å².